The second-order valence-corrected chi connectivity index (χ2v) is 6.81. The molecule has 0 fully saturated rings. The number of nitrogens with one attached hydrogen (secondary N) is 1. The van der Waals surface area contributed by atoms with Crippen molar-refractivity contribution in [2.75, 3.05) is 20.8 Å². The Bertz CT molecular complexity index is 1030. The quantitative estimate of drug-likeness (QED) is 0.562. The van der Waals surface area contributed by atoms with Crippen molar-refractivity contribution in [1.29, 1.82) is 5.26 Å². The minimum atomic E-state index is -0.412. The lowest BCUT2D eigenvalue weighted by molar-refractivity contribution is -0.117. The van der Waals surface area contributed by atoms with Crippen LogP contribution in [0.4, 0.5) is 0 Å². The molecule has 1 atom stereocenters. The van der Waals surface area contributed by atoms with Crippen molar-refractivity contribution in [3.8, 4) is 23.3 Å². The van der Waals surface area contributed by atoms with Crippen LogP contribution < -0.4 is 19.5 Å². The minimum absolute atomic E-state index is 0.0448. The number of nitriles is 1. The zero-order valence-electron chi connectivity index (χ0n) is 17.3. The van der Waals surface area contributed by atoms with E-state index in [0.29, 0.717) is 24.5 Å². The number of rotatable bonds is 7. The molecule has 1 amide bonds. The van der Waals surface area contributed by atoms with Gasteiger partial charge in [-0.3, -0.25) is 4.79 Å². The van der Waals surface area contributed by atoms with E-state index in [2.05, 4.69) is 5.32 Å². The average Bonchev–Trinajstić information content (AvgIpc) is 2.77. The first-order valence-corrected chi connectivity index (χ1v) is 9.64. The zero-order chi connectivity index (χ0) is 21.5. The number of fused-ring (bicyclic) bond motifs is 1. The summed E-state index contributed by atoms with van der Waals surface area (Å²) < 4.78 is 16.4. The monoisotopic (exact) mass is 404 g/mol. The molecule has 2 aromatic carbocycles. The van der Waals surface area contributed by atoms with E-state index in [1.165, 1.54) is 0 Å². The van der Waals surface area contributed by atoms with Crippen LogP contribution in [-0.4, -0.2) is 32.8 Å². The number of methoxy groups -OCH3 is 2. The molecule has 0 saturated heterocycles. The van der Waals surface area contributed by atoms with Crippen LogP contribution in [0.25, 0.3) is 6.08 Å². The second kappa shape index (κ2) is 9.66. The molecule has 1 aliphatic rings. The fourth-order valence-corrected chi connectivity index (χ4v) is 3.19. The van der Waals surface area contributed by atoms with Gasteiger partial charge in [0.2, 0.25) is 0 Å². The third-order valence-corrected chi connectivity index (χ3v) is 4.84. The highest BCUT2D eigenvalue weighted by molar-refractivity contribution is 5.98. The molecule has 1 unspecified atom stereocenters. The van der Waals surface area contributed by atoms with Crippen molar-refractivity contribution in [2.45, 2.75) is 19.4 Å². The minimum Gasteiger partial charge on any atom is -0.493 e. The van der Waals surface area contributed by atoms with Crippen LogP contribution in [0, 0.1) is 11.3 Å². The molecular weight excluding hydrogens is 380 g/mol. The van der Waals surface area contributed by atoms with E-state index in [4.69, 9.17) is 14.2 Å². The molecule has 0 radical (unpaired) electrons. The number of hydrogen-bond acceptors (Lipinski definition) is 5. The van der Waals surface area contributed by atoms with E-state index in [1.54, 1.807) is 20.3 Å². The second-order valence-electron chi connectivity index (χ2n) is 6.81. The molecule has 0 saturated carbocycles. The summed E-state index contributed by atoms with van der Waals surface area (Å²) in [6.07, 6.45) is 3.88. The first-order chi connectivity index (χ1) is 14.5. The number of amides is 1. The SMILES string of the molecule is COc1ccc(CCNC(=O)/C(C#N)=C/C2=Cc3ccccc3OC2C)cc1OC. The van der Waals surface area contributed by atoms with Crippen molar-refractivity contribution in [2.24, 2.45) is 0 Å². The lowest BCUT2D eigenvalue weighted by Gasteiger charge is -2.23. The summed E-state index contributed by atoms with van der Waals surface area (Å²) in [5.74, 6) is 1.67. The largest absolute Gasteiger partial charge is 0.493 e. The third kappa shape index (κ3) is 4.81. The molecule has 1 aliphatic heterocycles. The molecule has 1 heterocycles. The summed E-state index contributed by atoms with van der Waals surface area (Å²) in [7, 11) is 3.16. The Kier molecular flexibility index (Phi) is 6.76. The fraction of sp³-hybridized carbons (Fsp3) is 0.250. The third-order valence-electron chi connectivity index (χ3n) is 4.84. The molecule has 30 heavy (non-hydrogen) atoms. The highest BCUT2D eigenvalue weighted by Crippen LogP contribution is 2.30. The molecule has 0 aromatic heterocycles. The maximum atomic E-state index is 12.5. The first kappa shape index (κ1) is 21.0. The maximum absolute atomic E-state index is 12.5. The van der Waals surface area contributed by atoms with Crippen molar-refractivity contribution in [1.82, 2.24) is 5.32 Å². The van der Waals surface area contributed by atoms with Crippen LogP contribution in [0.15, 0.2) is 59.7 Å². The van der Waals surface area contributed by atoms with E-state index in [-0.39, 0.29) is 11.7 Å². The lowest BCUT2D eigenvalue weighted by atomic mass is 10.0. The van der Waals surface area contributed by atoms with E-state index in [9.17, 15) is 10.1 Å². The Morgan fingerprint density at radius 3 is 2.70 bits per heavy atom. The smallest absolute Gasteiger partial charge is 0.261 e. The zero-order valence-corrected chi connectivity index (χ0v) is 17.3. The number of ether oxygens (including phenoxy) is 3. The molecule has 0 bridgehead atoms. The highest BCUT2D eigenvalue weighted by Gasteiger charge is 2.19. The van der Waals surface area contributed by atoms with Crippen molar-refractivity contribution in [3.63, 3.8) is 0 Å². The van der Waals surface area contributed by atoms with Crippen molar-refractivity contribution >= 4 is 12.0 Å². The summed E-state index contributed by atoms with van der Waals surface area (Å²) in [6, 6.07) is 15.3. The van der Waals surface area contributed by atoms with E-state index >= 15 is 0 Å². The van der Waals surface area contributed by atoms with Gasteiger partial charge in [0.05, 0.1) is 14.2 Å². The Hall–Kier alpha value is -3.72. The summed E-state index contributed by atoms with van der Waals surface area (Å²) in [6.45, 7) is 2.28. The van der Waals surface area contributed by atoms with Gasteiger partial charge >= 0.3 is 0 Å². The van der Waals surface area contributed by atoms with Crippen LogP contribution in [-0.2, 0) is 11.2 Å². The van der Waals surface area contributed by atoms with Crippen LogP contribution in [0.1, 0.15) is 18.1 Å². The molecule has 1 N–H and O–H groups in total. The maximum Gasteiger partial charge on any atom is 0.261 e. The summed E-state index contributed by atoms with van der Waals surface area (Å²) >= 11 is 0. The molecule has 6 nitrogen and oxygen atoms in total. The van der Waals surface area contributed by atoms with Gasteiger partial charge in [-0.15, -0.1) is 0 Å². The average molecular weight is 404 g/mol. The summed E-state index contributed by atoms with van der Waals surface area (Å²) in [5.41, 5.74) is 2.74. The van der Waals surface area contributed by atoms with Gasteiger partial charge in [-0.1, -0.05) is 24.3 Å². The molecule has 2 aromatic rings. The van der Waals surface area contributed by atoms with Gasteiger partial charge < -0.3 is 19.5 Å². The van der Waals surface area contributed by atoms with Gasteiger partial charge in [-0.05, 0) is 54.8 Å². The Balaban J connectivity index is 1.66. The molecular formula is C24H24N2O4. The molecule has 154 valence electrons. The van der Waals surface area contributed by atoms with Gasteiger partial charge in [0.15, 0.2) is 11.5 Å². The van der Waals surface area contributed by atoms with Crippen LogP contribution in [0.5, 0.6) is 17.2 Å². The summed E-state index contributed by atoms with van der Waals surface area (Å²) in [4.78, 5) is 12.5. The van der Waals surface area contributed by atoms with Crippen LogP contribution in [0.3, 0.4) is 0 Å². The fourth-order valence-electron chi connectivity index (χ4n) is 3.19. The number of carbonyl (C=O) groups excluding carboxylic acids is 1. The predicted octanol–water partition coefficient (Wildman–Crippen LogP) is 3.68. The molecule has 0 spiro atoms. The first-order valence-electron chi connectivity index (χ1n) is 9.64. The van der Waals surface area contributed by atoms with E-state index in [0.717, 1.165) is 22.4 Å². The summed E-state index contributed by atoms with van der Waals surface area (Å²) in [5, 5.41) is 12.3. The number of para-hydroxylation sites is 1. The van der Waals surface area contributed by atoms with Crippen molar-refractivity contribution in [3.05, 3.63) is 70.8 Å². The Morgan fingerprint density at radius 1 is 1.20 bits per heavy atom. The molecule has 0 aliphatic carbocycles. The number of nitrogens with zero attached hydrogens (tertiary/aromatic N) is 1. The van der Waals surface area contributed by atoms with E-state index in [1.807, 2.05) is 61.5 Å². The van der Waals surface area contributed by atoms with Crippen LogP contribution >= 0.6 is 0 Å². The Morgan fingerprint density at radius 2 is 1.97 bits per heavy atom. The number of carbonyl (C=O) groups is 1. The number of hydrogen-bond donors (Lipinski definition) is 1. The van der Waals surface area contributed by atoms with E-state index < -0.39 is 5.91 Å². The molecule has 3 rings (SSSR count). The van der Waals surface area contributed by atoms with Gasteiger partial charge in [-0.2, -0.15) is 5.26 Å². The van der Waals surface area contributed by atoms with Gasteiger partial charge in [0.1, 0.15) is 23.5 Å². The standard InChI is InChI=1S/C24H24N2O4/c1-16-19(13-18-6-4-5-7-21(18)30-16)14-20(15-25)24(27)26-11-10-17-8-9-22(28-2)23(12-17)29-3/h4-9,12-14,16H,10-11H2,1-3H3,(H,26,27)/b20-14+. The topological polar surface area (TPSA) is 80.6 Å². The normalized spacial score (nSPS) is 15.2. The molecule has 6 heteroatoms. The number of benzene rings is 2. The van der Waals surface area contributed by atoms with Gasteiger partial charge in [0, 0.05) is 12.1 Å². The van der Waals surface area contributed by atoms with Crippen molar-refractivity contribution < 1.29 is 19.0 Å². The van der Waals surface area contributed by atoms with Gasteiger partial charge in [0.25, 0.3) is 5.91 Å². The Labute approximate surface area is 176 Å². The lowest BCUT2D eigenvalue weighted by Crippen LogP contribution is -2.27. The predicted molar refractivity (Wildman–Crippen MR) is 114 cm³/mol. The highest BCUT2D eigenvalue weighted by atomic mass is 16.5. The van der Waals surface area contributed by atoms with Gasteiger partial charge in [-0.25, -0.2) is 0 Å². The van der Waals surface area contributed by atoms with Crippen LogP contribution in [0.2, 0.25) is 0 Å².